The van der Waals surface area contributed by atoms with E-state index in [4.69, 9.17) is 0 Å². The number of nitrogens with zero attached hydrogens (tertiary/aromatic N) is 3. The molecule has 1 fully saturated rings. The van der Waals surface area contributed by atoms with Crippen molar-refractivity contribution < 1.29 is 13.2 Å². The van der Waals surface area contributed by atoms with Gasteiger partial charge in [0.25, 0.3) is 0 Å². The molecule has 1 amide bonds. The molecule has 2 heterocycles. The van der Waals surface area contributed by atoms with Crippen LogP contribution in [-0.2, 0) is 34.1 Å². The number of carbonyl (C=O) groups is 1. The summed E-state index contributed by atoms with van der Waals surface area (Å²) < 4.78 is 27.7. The van der Waals surface area contributed by atoms with Crippen molar-refractivity contribution in [3.05, 3.63) is 70.7 Å². The molecule has 1 aromatic heterocycles. The van der Waals surface area contributed by atoms with Gasteiger partial charge >= 0.3 is 0 Å². The minimum absolute atomic E-state index is 0.00973. The van der Waals surface area contributed by atoms with Gasteiger partial charge in [0.15, 0.2) is 0 Å². The first kappa shape index (κ1) is 21.3. The van der Waals surface area contributed by atoms with Crippen molar-refractivity contribution in [1.29, 1.82) is 0 Å². The van der Waals surface area contributed by atoms with Crippen molar-refractivity contribution in [3.63, 3.8) is 0 Å². The van der Waals surface area contributed by atoms with Crippen molar-refractivity contribution in [2.75, 3.05) is 26.2 Å². The molecule has 0 unspecified atom stereocenters. The summed E-state index contributed by atoms with van der Waals surface area (Å²) in [6, 6.07) is 15.4. The molecule has 5 rings (SSSR count). The second kappa shape index (κ2) is 8.77. The Morgan fingerprint density at radius 1 is 0.969 bits per heavy atom. The molecule has 1 aliphatic carbocycles. The molecular weight excluding hydrogens is 442 g/mol. The molecule has 1 aliphatic heterocycles. The summed E-state index contributed by atoms with van der Waals surface area (Å²) in [5, 5.41) is 2.83. The predicted octanol–water partition coefficient (Wildman–Crippen LogP) is 3.37. The van der Waals surface area contributed by atoms with Crippen molar-refractivity contribution >= 4 is 27.3 Å². The van der Waals surface area contributed by atoms with E-state index in [9.17, 15) is 13.2 Å². The van der Waals surface area contributed by atoms with Crippen LogP contribution in [0.2, 0.25) is 0 Å². The average molecular weight is 468 g/mol. The molecule has 0 spiro atoms. The number of thiazole rings is 1. The van der Waals surface area contributed by atoms with Crippen LogP contribution in [0, 0.1) is 0 Å². The predicted molar refractivity (Wildman–Crippen MR) is 125 cm³/mol. The number of hydrogen-bond donors (Lipinski definition) is 0. The van der Waals surface area contributed by atoms with Crippen LogP contribution in [0.1, 0.15) is 23.2 Å². The summed E-state index contributed by atoms with van der Waals surface area (Å²) in [4.78, 5) is 19.5. The second-order valence-electron chi connectivity index (χ2n) is 8.26. The van der Waals surface area contributed by atoms with Gasteiger partial charge in [-0.05, 0) is 42.5 Å². The Bertz CT molecular complexity index is 1230. The first-order valence-electron chi connectivity index (χ1n) is 10.9. The molecule has 0 saturated carbocycles. The van der Waals surface area contributed by atoms with Crippen LogP contribution in [0.4, 0.5) is 0 Å². The first-order valence-corrected chi connectivity index (χ1v) is 13.2. The number of sulfonamides is 1. The molecule has 1 saturated heterocycles. The summed E-state index contributed by atoms with van der Waals surface area (Å²) in [6.45, 7) is 1.44. The van der Waals surface area contributed by atoms with E-state index in [1.807, 2.05) is 47.8 Å². The van der Waals surface area contributed by atoms with E-state index in [1.165, 1.54) is 21.2 Å². The molecule has 0 atom stereocenters. The molecule has 0 N–H and O–H groups in total. The molecule has 0 radical (unpaired) electrons. The largest absolute Gasteiger partial charge is 0.340 e. The van der Waals surface area contributed by atoms with Crippen molar-refractivity contribution in [1.82, 2.24) is 14.2 Å². The average Bonchev–Trinajstić information content (AvgIpc) is 3.49. The van der Waals surface area contributed by atoms with Crippen LogP contribution in [0.3, 0.4) is 0 Å². The molecule has 3 aromatic rings. The number of benzene rings is 2. The van der Waals surface area contributed by atoms with E-state index in [0.29, 0.717) is 31.1 Å². The van der Waals surface area contributed by atoms with Gasteiger partial charge in [-0.3, -0.25) is 4.79 Å². The number of hydrogen-bond acceptors (Lipinski definition) is 5. The lowest BCUT2D eigenvalue weighted by Gasteiger charge is -2.34. The Labute approximate surface area is 192 Å². The second-order valence-corrected chi connectivity index (χ2v) is 11.1. The Morgan fingerprint density at radius 2 is 1.72 bits per heavy atom. The van der Waals surface area contributed by atoms with Gasteiger partial charge in [-0.25, -0.2) is 13.4 Å². The lowest BCUT2D eigenvalue weighted by atomic mass is 10.1. The summed E-state index contributed by atoms with van der Waals surface area (Å²) >= 11 is 1.53. The van der Waals surface area contributed by atoms with Crippen molar-refractivity contribution in [2.45, 2.75) is 30.6 Å². The SMILES string of the molecule is O=C(Cc1csc(-c2ccccc2)n1)N1CCN(S(=O)(=O)c2ccc3c(c2)CCC3)CC1. The lowest BCUT2D eigenvalue weighted by molar-refractivity contribution is -0.131. The number of piperazine rings is 1. The van der Waals surface area contributed by atoms with Gasteiger partial charge in [0.2, 0.25) is 15.9 Å². The third-order valence-electron chi connectivity index (χ3n) is 6.20. The van der Waals surface area contributed by atoms with Crippen LogP contribution >= 0.6 is 11.3 Å². The monoisotopic (exact) mass is 467 g/mol. The van der Waals surface area contributed by atoms with Gasteiger partial charge < -0.3 is 4.90 Å². The van der Waals surface area contributed by atoms with E-state index in [2.05, 4.69) is 4.98 Å². The van der Waals surface area contributed by atoms with Gasteiger partial charge in [-0.15, -0.1) is 11.3 Å². The Morgan fingerprint density at radius 3 is 2.50 bits per heavy atom. The maximum atomic E-state index is 13.1. The maximum Gasteiger partial charge on any atom is 0.243 e. The number of carbonyl (C=O) groups excluding carboxylic acids is 1. The Balaban J connectivity index is 1.20. The van der Waals surface area contributed by atoms with Crippen LogP contribution < -0.4 is 0 Å². The Kier molecular flexibility index (Phi) is 5.84. The lowest BCUT2D eigenvalue weighted by Crippen LogP contribution is -2.50. The first-order chi connectivity index (χ1) is 15.5. The molecule has 8 heteroatoms. The van der Waals surface area contributed by atoms with Gasteiger partial charge in [0.1, 0.15) is 5.01 Å². The fourth-order valence-electron chi connectivity index (χ4n) is 4.40. The Hall–Kier alpha value is -2.55. The number of amides is 1. The van der Waals surface area contributed by atoms with E-state index >= 15 is 0 Å². The van der Waals surface area contributed by atoms with E-state index in [-0.39, 0.29) is 12.3 Å². The third kappa shape index (κ3) is 4.22. The van der Waals surface area contributed by atoms with E-state index in [1.54, 1.807) is 11.0 Å². The highest BCUT2D eigenvalue weighted by Crippen LogP contribution is 2.27. The van der Waals surface area contributed by atoms with Crippen molar-refractivity contribution in [2.24, 2.45) is 0 Å². The summed E-state index contributed by atoms with van der Waals surface area (Å²) in [5.74, 6) is -0.00973. The number of aryl methyl sites for hydroxylation is 2. The van der Waals surface area contributed by atoms with E-state index < -0.39 is 10.0 Å². The zero-order chi connectivity index (χ0) is 22.1. The van der Waals surface area contributed by atoms with Crippen LogP contribution in [-0.4, -0.2) is 54.7 Å². The zero-order valence-corrected chi connectivity index (χ0v) is 19.4. The summed E-state index contributed by atoms with van der Waals surface area (Å²) in [5.41, 5.74) is 4.21. The van der Waals surface area contributed by atoms with Crippen LogP contribution in [0.15, 0.2) is 58.8 Å². The normalized spacial score (nSPS) is 16.8. The minimum Gasteiger partial charge on any atom is -0.340 e. The standard InChI is InChI=1S/C24H25N3O3S2/c28-23(16-21-17-31-24(25-21)19-5-2-1-3-6-19)26-11-13-27(14-12-26)32(29,30)22-10-9-18-7-4-8-20(18)15-22/h1-3,5-6,9-10,15,17H,4,7-8,11-14,16H2. The van der Waals surface area contributed by atoms with Gasteiger partial charge in [0, 0.05) is 37.1 Å². The fourth-order valence-corrected chi connectivity index (χ4v) is 6.70. The number of fused-ring (bicyclic) bond motifs is 1. The molecule has 6 nitrogen and oxygen atoms in total. The summed E-state index contributed by atoms with van der Waals surface area (Å²) in [7, 11) is -3.53. The van der Waals surface area contributed by atoms with E-state index in [0.717, 1.165) is 41.1 Å². The summed E-state index contributed by atoms with van der Waals surface area (Å²) in [6.07, 6.45) is 3.30. The number of aromatic nitrogens is 1. The van der Waals surface area contributed by atoms with Gasteiger partial charge in [-0.1, -0.05) is 36.4 Å². The molecule has 2 aromatic carbocycles. The minimum atomic E-state index is -3.53. The van der Waals surface area contributed by atoms with Gasteiger partial charge in [-0.2, -0.15) is 4.31 Å². The fraction of sp³-hybridized carbons (Fsp3) is 0.333. The van der Waals surface area contributed by atoms with Crippen molar-refractivity contribution in [3.8, 4) is 10.6 Å². The molecule has 0 bridgehead atoms. The molecule has 2 aliphatic rings. The maximum absolute atomic E-state index is 13.1. The topological polar surface area (TPSA) is 70.6 Å². The number of rotatable bonds is 5. The molecule has 166 valence electrons. The van der Waals surface area contributed by atoms with Crippen LogP contribution in [0.5, 0.6) is 0 Å². The van der Waals surface area contributed by atoms with Gasteiger partial charge in [0.05, 0.1) is 17.0 Å². The highest BCUT2D eigenvalue weighted by molar-refractivity contribution is 7.89. The zero-order valence-electron chi connectivity index (χ0n) is 17.7. The highest BCUT2D eigenvalue weighted by atomic mass is 32.2. The smallest absolute Gasteiger partial charge is 0.243 e. The third-order valence-corrected chi connectivity index (χ3v) is 9.04. The van der Waals surface area contributed by atoms with Crippen LogP contribution in [0.25, 0.3) is 10.6 Å². The highest BCUT2D eigenvalue weighted by Gasteiger charge is 2.31. The quantitative estimate of drug-likeness (QED) is 0.577. The molecular formula is C24H25N3O3S2. The molecule has 32 heavy (non-hydrogen) atoms.